The molecule has 10 nitrogen and oxygen atoms in total. The Kier molecular flexibility index (Phi) is 9.67. The molecule has 0 aliphatic rings. The van der Waals surface area contributed by atoms with Gasteiger partial charge >= 0.3 is 6.36 Å². The number of carbonyl (C=O) groups excluding carboxylic acids is 2. The van der Waals surface area contributed by atoms with Crippen molar-refractivity contribution in [3.8, 4) is 5.75 Å². The van der Waals surface area contributed by atoms with Crippen LogP contribution in [-0.2, 0) is 35.3 Å². The molecule has 0 aliphatic heterocycles. The number of unbranched alkanes of at least 4 members (excludes halogenated alkanes) is 1. The average molecular weight is 572 g/mol. The van der Waals surface area contributed by atoms with E-state index in [9.17, 15) is 22.8 Å². The Morgan fingerprint density at radius 3 is 2.33 bits per heavy atom. The molecule has 0 bridgehead atoms. The van der Waals surface area contributed by atoms with Crippen molar-refractivity contribution in [3.63, 3.8) is 0 Å². The van der Waals surface area contributed by atoms with E-state index in [-0.39, 0.29) is 24.6 Å². The molecule has 0 unspecified atom stereocenters. The number of aryl methyl sites for hydroxylation is 2. The largest absolute Gasteiger partial charge is 0.573 e. The van der Waals surface area contributed by atoms with Crippen molar-refractivity contribution >= 4 is 34.1 Å². The highest BCUT2D eigenvalue weighted by Gasteiger charge is 2.31. The van der Waals surface area contributed by atoms with Crippen LogP contribution in [-0.4, -0.2) is 43.6 Å². The van der Waals surface area contributed by atoms with E-state index < -0.39 is 18.0 Å². The van der Waals surface area contributed by atoms with Gasteiger partial charge in [0.05, 0.1) is 18.5 Å². The molecule has 208 valence electrons. The predicted octanol–water partition coefficient (Wildman–Crippen LogP) is 4.55. The molecule has 0 atom stereocenters. The fraction of sp³-hybridized carbons (Fsp3) is 0.269. The molecule has 0 radical (unpaired) electrons. The fourth-order valence-electron chi connectivity index (χ4n) is 3.62. The van der Waals surface area contributed by atoms with Crippen molar-refractivity contribution in [1.29, 1.82) is 0 Å². The van der Waals surface area contributed by atoms with Crippen LogP contribution in [0.4, 0.5) is 24.1 Å². The Hall–Kier alpha value is -4.46. The zero-order valence-corrected chi connectivity index (χ0v) is 21.8. The number of rotatable bonds is 12. The lowest BCUT2D eigenvalue weighted by Crippen LogP contribution is -2.18. The van der Waals surface area contributed by atoms with E-state index in [1.165, 1.54) is 23.5 Å². The zero-order valence-electron chi connectivity index (χ0n) is 21.0. The first-order chi connectivity index (χ1) is 19.2. The summed E-state index contributed by atoms with van der Waals surface area (Å²) in [4.78, 5) is 28.4. The quantitative estimate of drug-likeness (QED) is 0.237. The van der Waals surface area contributed by atoms with Crippen LogP contribution in [0.1, 0.15) is 34.7 Å². The molecule has 0 saturated heterocycles. The third-order valence-electron chi connectivity index (χ3n) is 5.38. The molecule has 1 aromatic carbocycles. The van der Waals surface area contributed by atoms with Gasteiger partial charge in [0.1, 0.15) is 10.8 Å². The first-order valence-corrected chi connectivity index (χ1v) is 13.0. The second kappa shape index (κ2) is 13.6. The zero-order chi connectivity index (χ0) is 28.4. The fourth-order valence-corrected chi connectivity index (χ4v) is 4.42. The second-order valence-electron chi connectivity index (χ2n) is 8.62. The third kappa shape index (κ3) is 9.69. The summed E-state index contributed by atoms with van der Waals surface area (Å²) in [6.07, 6.45) is 1.57. The summed E-state index contributed by atoms with van der Waals surface area (Å²) in [5.41, 5.74) is 1.97. The molecular formula is C26H24F3N7O3S. The van der Waals surface area contributed by atoms with E-state index in [4.69, 9.17) is 0 Å². The minimum absolute atomic E-state index is 0.153. The summed E-state index contributed by atoms with van der Waals surface area (Å²) in [6.45, 7) is 0. The number of nitrogens with one attached hydrogen (secondary N) is 2. The van der Waals surface area contributed by atoms with E-state index in [1.54, 1.807) is 36.7 Å². The summed E-state index contributed by atoms with van der Waals surface area (Å²) >= 11 is 1.34. The highest BCUT2D eigenvalue weighted by atomic mass is 32.1. The lowest BCUT2D eigenvalue weighted by Gasteiger charge is -2.10. The highest BCUT2D eigenvalue weighted by molar-refractivity contribution is 7.15. The molecule has 4 aromatic rings. The maximum Gasteiger partial charge on any atom is 0.573 e. The van der Waals surface area contributed by atoms with Gasteiger partial charge in [-0.05, 0) is 66.8 Å². The van der Waals surface area contributed by atoms with Crippen LogP contribution >= 0.6 is 11.3 Å². The summed E-state index contributed by atoms with van der Waals surface area (Å²) in [5, 5.41) is 22.9. The number of pyridine rings is 1. The number of halogens is 3. The number of benzene rings is 1. The van der Waals surface area contributed by atoms with Crippen molar-refractivity contribution in [1.82, 2.24) is 25.4 Å². The normalized spacial score (nSPS) is 11.2. The molecule has 3 heterocycles. The average Bonchev–Trinajstić information content (AvgIpc) is 3.34. The molecule has 40 heavy (non-hydrogen) atoms. The second-order valence-corrected chi connectivity index (χ2v) is 9.68. The van der Waals surface area contributed by atoms with Crippen molar-refractivity contribution in [2.45, 2.75) is 44.9 Å². The number of amides is 2. The van der Waals surface area contributed by atoms with E-state index in [0.717, 1.165) is 41.2 Å². The van der Waals surface area contributed by atoms with Crippen LogP contribution < -0.4 is 15.4 Å². The van der Waals surface area contributed by atoms with E-state index >= 15 is 0 Å². The molecule has 0 aliphatic carbocycles. The number of carbonyl (C=O) groups is 2. The summed E-state index contributed by atoms with van der Waals surface area (Å²) < 4.78 is 41.1. The van der Waals surface area contributed by atoms with Gasteiger partial charge in [-0.1, -0.05) is 23.5 Å². The molecule has 0 fully saturated rings. The summed E-state index contributed by atoms with van der Waals surface area (Å²) in [5.74, 6) is -0.769. The lowest BCUT2D eigenvalue weighted by molar-refractivity contribution is -0.274. The van der Waals surface area contributed by atoms with Gasteiger partial charge in [0.15, 0.2) is 5.82 Å². The Morgan fingerprint density at radius 1 is 0.825 bits per heavy atom. The van der Waals surface area contributed by atoms with Crippen LogP contribution in [0.2, 0.25) is 0 Å². The standard InChI is InChI=1S/C26H24F3N7O3S/c27-26(28,29)39-20-6-3-4-18(14-20)16-22(37)31-21-9-8-19(33-34-21)5-1-2-7-24-35-36-25(40-24)32-23(38)15-17-10-12-30-13-11-17/h3-4,6,8-14H,1-2,5,7,15-16H2,(H,31,34,37)(H,32,36,38). The number of alkyl halides is 3. The van der Waals surface area contributed by atoms with Crippen molar-refractivity contribution in [2.24, 2.45) is 0 Å². The van der Waals surface area contributed by atoms with Gasteiger partial charge in [0, 0.05) is 18.8 Å². The van der Waals surface area contributed by atoms with Gasteiger partial charge in [-0.25, -0.2) is 0 Å². The minimum Gasteiger partial charge on any atom is -0.406 e. The van der Waals surface area contributed by atoms with Crippen molar-refractivity contribution in [3.05, 3.63) is 82.8 Å². The van der Waals surface area contributed by atoms with Crippen LogP contribution in [0.3, 0.4) is 0 Å². The molecular weight excluding hydrogens is 547 g/mol. The Bertz CT molecular complexity index is 1420. The Labute approximate surface area is 231 Å². The van der Waals surface area contributed by atoms with E-state index in [0.29, 0.717) is 23.5 Å². The number of aromatic nitrogens is 5. The molecule has 0 spiro atoms. The lowest BCUT2D eigenvalue weighted by atomic mass is 10.1. The van der Waals surface area contributed by atoms with E-state index in [2.05, 4.69) is 40.7 Å². The maximum atomic E-state index is 12.4. The molecule has 0 saturated carbocycles. The highest BCUT2D eigenvalue weighted by Crippen LogP contribution is 2.23. The number of nitrogens with zero attached hydrogens (tertiary/aromatic N) is 5. The van der Waals surface area contributed by atoms with Gasteiger partial charge in [-0.15, -0.1) is 28.5 Å². The minimum atomic E-state index is -4.81. The maximum absolute atomic E-state index is 12.4. The van der Waals surface area contributed by atoms with Crippen LogP contribution in [0.25, 0.3) is 0 Å². The first kappa shape index (κ1) is 28.5. The summed E-state index contributed by atoms with van der Waals surface area (Å²) in [7, 11) is 0. The first-order valence-electron chi connectivity index (χ1n) is 12.2. The SMILES string of the molecule is O=C(Cc1cccc(OC(F)(F)F)c1)Nc1ccc(CCCCc2nnc(NC(=O)Cc3ccncc3)s2)nn1. The van der Waals surface area contributed by atoms with E-state index in [1.807, 2.05) is 0 Å². The van der Waals surface area contributed by atoms with Crippen molar-refractivity contribution < 1.29 is 27.5 Å². The Morgan fingerprint density at radius 2 is 1.57 bits per heavy atom. The smallest absolute Gasteiger partial charge is 0.406 e. The summed E-state index contributed by atoms with van der Waals surface area (Å²) in [6, 6.07) is 12.2. The third-order valence-corrected chi connectivity index (χ3v) is 6.28. The molecule has 14 heteroatoms. The molecule has 2 amide bonds. The number of hydrogen-bond donors (Lipinski definition) is 2. The molecule has 3 aromatic heterocycles. The van der Waals surface area contributed by atoms with Gasteiger partial charge in [0.25, 0.3) is 0 Å². The van der Waals surface area contributed by atoms with Gasteiger partial charge in [-0.2, -0.15) is 5.10 Å². The van der Waals surface area contributed by atoms with Crippen LogP contribution in [0.5, 0.6) is 5.75 Å². The van der Waals surface area contributed by atoms with Gasteiger partial charge in [-0.3, -0.25) is 14.6 Å². The van der Waals surface area contributed by atoms with Crippen LogP contribution in [0, 0.1) is 0 Å². The molecule has 2 N–H and O–H groups in total. The van der Waals surface area contributed by atoms with Crippen molar-refractivity contribution in [2.75, 3.05) is 10.6 Å². The predicted molar refractivity (Wildman–Crippen MR) is 141 cm³/mol. The van der Waals surface area contributed by atoms with Gasteiger partial charge in [0.2, 0.25) is 16.9 Å². The topological polar surface area (TPSA) is 132 Å². The Balaban J connectivity index is 1.15. The van der Waals surface area contributed by atoms with Crippen LogP contribution in [0.15, 0.2) is 60.9 Å². The monoisotopic (exact) mass is 571 g/mol. The number of ether oxygens (including phenoxy) is 1. The van der Waals surface area contributed by atoms with Gasteiger partial charge < -0.3 is 15.4 Å². The number of anilines is 2. The molecule has 4 rings (SSSR count). The number of hydrogen-bond acceptors (Lipinski definition) is 9.